The number of rotatable bonds is 6. The molecule has 0 heterocycles. The minimum Gasteiger partial charge on any atom is -0.488 e. The summed E-state index contributed by atoms with van der Waals surface area (Å²) in [6.45, 7) is 0.142. The molecule has 0 aliphatic rings. The van der Waals surface area contributed by atoms with Gasteiger partial charge in [0.05, 0.1) is 23.4 Å². The smallest absolute Gasteiger partial charge is 0.416 e. The number of alkyl halides is 3. The van der Waals surface area contributed by atoms with Crippen molar-refractivity contribution < 1.29 is 22.7 Å². The van der Waals surface area contributed by atoms with Gasteiger partial charge >= 0.3 is 6.18 Å². The van der Waals surface area contributed by atoms with E-state index in [2.05, 4.69) is 32.5 Å². The van der Waals surface area contributed by atoms with Crippen LogP contribution in [0.5, 0.6) is 5.75 Å². The predicted octanol–water partition coefficient (Wildman–Crippen LogP) is 5.68. The summed E-state index contributed by atoms with van der Waals surface area (Å²) in [4.78, 5) is 12.2. The van der Waals surface area contributed by atoms with Gasteiger partial charge in [-0.25, -0.2) is 5.43 Å². The van der Waals surface area contributed by atoms with Gasteiger partial charge in [-0.15, -0.1) is 0 Å². The summed E-state index contributed by atoms with van der Waals surface area (Å²) < 4.78 is 45.0. The molecule has 3 aromatic rings. The Kier molecular flexibility index (Phi) is 7.28. The molecule has 0 aliphatic carbocycles. The van der Waals surface area contributed by atoms with Crippen LogP contribution in [0.4, 0.5) is 13.2 Å². The lowest BCUT2D eigenvalue weighted by Crippen LogP contribution is -2.18. The van der Waals surface area contributed by atoms with E-state index in [-0.39, 0.29) is 12.2 Å². The van der Waals surface area contributed by atoms with Gasteiger partial charge in [0.25, 0.3) is 5.91 Å². The standard InChI is InChI=1S/C23H15BrF3N3O2/c24-20-8-9-21(32-14-17-5-2-1-4-16(17)12-28)18(11-20)13-29-30-22(31)15-6-3-7-19(10-15)23(25,26)27/h1-11,13H,14H2,(H,30,31)/b29-13-. The first kappa shape index (κ1) is 23.0. The average Bonchev–Trinajstić information content (AvgIpc) is 2.78. The average molecular weight is 502 g/mol. The molecule has 0 saturated carbocycles. The van der Waals surface area contributed by atoms with E-state index < -0.39 is 17.6 Å². The molecular weight excluding hydrogens is 487 g/mol. The van der Waals surface area contributed by atoms with Crippen molar-refractivity contribution in [3.05, 3.63) is 99.0 Å². The molecule has 9 heteroatoms. The summed E-state index contributed by atoms with van der Waals surface area (Å²) in [6.07, 6.45) is -3.23. The van der Waals surface area contributed by atoms with Crippen LogP contribution in [0.25, 0.3) is 0 Å². The fraction of sp³-hybridized carbons (Fsp3) is 0.0870. The summed E-state index contributed by atoms with van der Waals surface area (Å²) in [5.74, 6) is -0.342. The molecule has 162 valence electrons. The quantitative estimate of drug-likeness (QED) is 0.348. The third-order valence-corrected chi connectivity index (χ3v) is 4.81. The van der Waals surface area contributed by atoms with E-state index in [1.165, 1.54) is 12.3 Å². The highest BCUT2D eigenvalue weighted by molar-refractivity contribution is 9.10. The van der Waals surface area contributed by atoms with Crippen LogP contribution >= 0.6 is 15.9 Å². The molecule has 0 aromatic heterocycles. The van der Waals surface area contributed by atoms with Gasteiger partial charge in [0.1, 0.15) is 12.4 Å². The van der Waals surface area contributed by atoms with Crippen LogP contribution in [-0.2, 0) is 12.8 Å². The van der Waals surface area contributed by atoms with Crippen molar-refractivity contribution in [2.75, 3.05) is 0 Å². The Morgan fingerprint density at radius 3 is 2.66 bits per heavy atom. The summed E-state index contributed by atoms with van der Waals surface area (Å²) in [6, 6.07) is 18.3. The second-order valence-corrected chi connectivity index (χ2v) is 7.43. The number of ether oxygens (including phenoxy) is 1. The molecule has 0 unspecified atom stereocenters. The lowest BCUT2D eigenvalue weighted by atomic mass is 10.1. The first-order valence-corrected chi connectivity index (χ1v) is 9.98. The lowest BCUT2D eigenvalue weighted by Gasteiger charge is -2.11. The Labute approximate surface area is 190 Å². The number of halogens is 4. The molecule has 5 nitrogen and oxygen atoms in total. The molecule has 0 bridgehead atoms. The van der Waals surface area contributed by atoms with Crippen molar-refractivity contribution in [3.63, 3.8) is 0 Å². The van der Waals surface area contributed by atoms with Gasteiger partial charge in [-0.2, -0.15) is 23.5 Å². The summed E-state index contributed by atoms with van der Waals surface area (Å²) in [7, 11) is 0. The predicted molar refractivity (Wildman–Crippen MR) is 116 cm³/mol. The molecule has 3 rings (SSSR count). The largest absolute Gasteiger partial charge is 0.488 e. The molecule has 0 fully saturated rings. The van der Waals surface area contributed by atoms with Crippen molar-refractivity contribution in [1.82, 2.24) is 5.43 Å². The van der Waals surface area contributed by atoms with Gasteiger partial charge in [0.15, 0.2) is 0 Å². The molecule has 3 aromatic carbocycles. The van der Waals surface area contributed by atoms with Crippen LogP contribution in [0, 0.1) is 11.3 Å². The van der Waals surface area contributed by atoms with Crippen LogP contribution < -0.4 is 10.2 Å². The number of nitriles is 1. The maximum Gasteiger partial charge on any atom is 0.416 e. The maximum atomic E-state index is 12.8. The highest BCUT2D eigenvalue weighted by atomic mass is 79.9. The number of carbonyl (C=O) groups excluding carboxylic acids is 1. The second kappa shape index (κ2) is 10.1. The minimum atomic E-state index is -4.55. The van der Waals surface area contributed by atoms with Crippen molar-refractivity contribution in [1.29, 1.82) is 5.26 Å². The van der Waals surface area contributed by atoms with E-state index in [0.29, 0.717) is 22.4 Å². The molecule has 0 atom stereocenters. The van der Waals surface area contributed by atoms with E-state index >= 15 is 0 Å². The van der Waals surface area contributed by atoms with Gasteiger partial charge in [-0.05, 0) is 42.5 Å². The number of amides is 1. The van der Waals surface area contributed by atoms with Crippen molar-refractivity contribution >= 4 is 28.1 Å². The monoisotopic (exact) mass is 501 g/mol. The maximum absolute atomic E-state index is 12.8. The Balaban J connectivity index is 1.73. The van der Waals surface area contributed by atoms with E-state index in [1.54, 1.807) is 42.5 Å². The topological polar surface area (TPSA) is 74.5 Å². The molecule has 0 aliphatic heterocycles. The Hall–Kier alpha value is -3.64. The van der Waals surface area contributed by atoms with E-state index in [9.17, 15) is 23.2 Å². The van der Waals surface area contributed by atoms with Crippen LogP contribution in [0.1, 0.15) is 32.6 Å². The fourth-order valence-corrected chi connectivity index (χ4v) is 3.10. The zero-order valence-electron chi connectivity index (χ0n) is 16.4. The van der Waals surface area contributed by atoms with Gasteiger partial charge in [-0.1, -0.05) is 40.2 Å². The first-order valence-electron chi connectivity index (χ1n) is 9.19. The molecule has 1 N–H and O–H groups in total. The van der Waals surface area contributed by atoms with Gasteiger partial charge in [-0.3, -0.25) is 4.79 Å². The number of nitrogens with one attached hydrogen (secondary N) is 1. The highest BCUT2D eigenvalue weighted by Crippen LogP contribution is 2.29. The molecule has 32 heavy (non-hydrogen) atoms. The zero-order valence-corrected chi connectivity index (χ0v) is 17.9. The number of hydrogen-bond donors (Lipinski definition) is 1. The lowest BCUT2D eigenvalue weighted by molar-refractivity contribution is -0.137. The van der Waals surface area contributed by atoms with Crippen molar-refractivity contribution in [2.24, 2.45) is 5.10 Å². The van der Waals surface area contributed by atoms with Crippen LogP contribution in [-0.4, -0.2) is 12.1 Å². The van der Waals surface area contributed by atoms with E-state index in [4.69, 9.17) is 4.74 Å². The highest BCUT2D eigenvalue weighted by Gasteiger charge is 2.30. The van der Waals surface area contributed by atoms with Crippen LogP contribution in [0.15, 0.2) is 76.3 Å². The second-order valence-electron chi connectivity index (χ2n) is 6.52. The SMILES string of the molecule is N#Cc1ccccc1COc1ccc(Br)cc1/C=N\NC(=O)c1cccc(C(F)(F)F)c1. The number of hydrazone groups is 1. The number of hydrogen-bond acceptors (Lipinski definition) is 4. The molecular formula is C23H15BrF3N3O2. The van der Waals surface area contributed by atoms with Crippen molar-refractivity contribution in [3.8, 4) is 11.8 Å². The van der Waals surface area contributed by atoms with E-state index in [1.807, 2.05) is 0 Å². The van der Waals surface area contributed by atoms with Crippen LogP contribution in [0.2, 0.25) is 0 Å². The number of benzene rings is 3. The fourth-order valence-electron chi connectivity index (χ4n) is 2.72. The molecule has 0 saturated heterocycles. The number of carbonyl (C=O) groups is 1. The summed E-state index contributed by atoms with van der Waals surface area (Å²) in [5, 5.41) is 13.0. The minimum absolute atomic E-state index is 0.142. The molecule has 1 amide bonds. The van der Waals surface area contributed by atoms with Crippen molar-refractivity contribution in [2.45, 2.75) is 12.8 Å². The normalized spacial score (nSPS) is 11.2. The zero-order chi connectivity index (χ0) is 23.1. The van der Waals surface area contributed by atoms with Gasteiger partial charge in [0, 0.05) is 21.2 Å². The number of nitrogens with zero attached hydrogens (tertiary/aromatic N) is 2. The van der Waals surface area contributed by atoms with Crippen LogP contribution in [0.3, 0.4) is 0 Å². The Morgan fingerprint density at radius 1 is 1.12 bits per heavy atom. The Morgan fingerprint density at radius 2 is 1.91 bits per heavy atom. The third-order valence-electron chi connectivity index (χ3n) is 4.31. The Bertz CT molecular complexity index is 1200. The van der Waals surface area contributed by atoms with Gasteiger partial charge < -0.3 is 4.74 Å². The first-order chi connectivity index (χ1) is 15.3. The molecule has 0 radical (unpaired) electrons. The van der Waals surface area contributed by atoms with Gasteiger partial charge in [0.2, 0.25) is 0 Å². The summed E-state index contributed by atoms with van der Waals surface area (Å²) >= 11 is 3.35. The molecule has 0 spiro atoms. The summed E-state index contributed by atoms with van der Waals surface area (Å²) in [5.41, 5.74) is 2.83. The van der Waals surface area contributed by atoms with E-state index in [0.717, 1.165) is 22.7 Å². The third kappa shape index (κ3) is 5.95.